The summed E-state index contributed by atoms with van der Waals surface area (Å²) in [6.07, 6.45) is 0. The maximum absolute atomic E-state index is 13.8. The van der Waals surface area contributed by atoms with Gasteiger partial charge in [-0.2, -0.15) is 0 Å². The van der Waals surface area contributed by atoms with Crippen LogP contribution >= 0.6 is 11.6 Å². The second-order valence-corrected chi connectivity index (χ2v) is 4.79. The van der Waals surface area contributed by atoms with E-state index < -0.39 is 34.0 Å². The van der Waals surface area contributed by atoms with Crippen LogP contribution in [-0.2, 0) is 4.79 Å². The molecule has 0 radical (unpaired) electrons. The molecule has 1 aromatic carbocycles. The minimum absolute atomic E-state index is 0.0773. The molecule has 1 aliphatic rings. The Hall–Kier alpha value is -1.50. The molecule has 1 amide bonds. The van der Waals surface area contributed by atoms with Gasteiger partial charge >= 0.3 is 0 Å². The smallest absolute Gasteiger partial charge is 0.219 e. The molecule has 0 atom stereocenters. The van der Waals surface area contributed by atoms with Gasteiger partial charge in [-0.1, -0.05) is 11.6 Å². The van der Waals surface area contributed by atoms with Gasteiger partial charge in [0.2, 0.25) is 5.91 Å². The van der Waals surface area contributed by atoms with Crippen molar-refractivity contribution in [2.45, 2.75) is 6.92 Å². The van der Waals surface area contributed by atoms with Crippen LogP contribution in [0.1, 0.15) is 6.92 Å². The van der Waals surface area contributed by atoms with Crippen LogP contribution in [0.25, 0.3) is 0 Å². The molecule has 2 rings (SSSR count). The first-order chi connectivity index (χ1) is 9.34. The number of carbonyl (C=O) groups excluding carboxylic acids is 1. The minimum Gasteiger partial charge on any atom is -0.363 e. The summed E-state index contributed by atoms with van der Waals surface area (Å²) in [5, 5.41) is -1.20. The van der Waals surface area contributed by atoms with Crippen LogP contribution in [0.15, 0.2) is 0 Å². The summed E-state index contributed by atoms with van der Waals surface area (Å²) in [5.41, 5.74) is -0.785. The van der Waals surface area contributed by atoms with Crippen molar-refractivity contribution in [2.75, 3.05) is 31.1 Å². The molecule has 0 aliphatic carbocycles. The number of benzene rings is 1. The van der Waals surface area contributed by atoms with E-state index in [-0.39, 0.29) is 32.1 Å². The molecule has 1 aliphatic heterocycles. The van der Waals surface area contributed by atoms with Crippen molar-refractivity contribution >= 4 is 23.2 Å². The Kier molecular flexibility index (Phi) is 4.08. The van der Waals surface area contributed by atoms with Crippen molar-refractivity contribution in [1.29, 1.82) is 0 Å². The van der Waals surface area contributed by atoms with Crippen LogP contribution in [0.2, 0.25) is 5.02 Å². The van der Waals surface area contributed by atoms with Crippen LogP contribution in [0, 0.1) is 23.3 Å². The zero-order chi connectivity index (χ0) is 15.0. The first-order valence-electron chi connectivity index (χ1n) is 5.86. The van der Waals surface area contributed by atoms with Crippen molar-refractivity contribution < 1.29 is 22.4 Å². The molecule has 8 heteroatoms. The largest absolute Gasteiger partial charge is 0.363 e. The fraction of sp³-hybridized carbons (Fsp3) is 0.417. The molecule has 20 heavy (non-hydrogen) atoms. The van der Waals surface area contributed by atoms with Gasteiger partial charge in [0, 0.05) is 33.1 Å². The van der Waals surface area contributed by atoms with Gasteiger partial charge in [0.25, 0.3) is 0 Å². The van der Waals surface area contributed by atoms with E-state index in [0.29, 0.717) is 0 Å². The van der Waals surface area contributed by atoms with Crippen LogP contribution in [-0.4, -0.2) is 37.0 Å². The lowest BCUT2D eigenvalue weighted by Crippen LogP contribution is -2.48. The van der Waals surface area contributed by atoms with Crippen molar-refractivity contribution in [2.24, 2.45) is 0 Å². The van der Waals surface area contributed by atoms with E-state index >= 15 is 0 Å². The number of nitrogens with zero attached hydrogens (tertiary/aromatic N) is 2. The summed E-state index contributed by atoms with van der Waals surface area (Å²) in [6, 6.07) is 0. The van der Waals surface area contributed by atoms with Gasteiger partial charge in [-0.15, -0.1) is 0 Å². The Labute approximate surface area is 117 Å². The predicted molar refractivity (Wildman–Crippen MR) is 65.8 cm³/mol. The molecule has 0 unspecified atom stereocenters. The average molecular weight is 311 g/mol. The monoisotopic (exact) mass is 310 g/mol. The molecule has 1 aromatic rings. The number of hydrogen-bond donors (Lipinski definition) is 0. The third kappa shape index (κ3) is 2.42. The highest BCUT2D eigenvalue weighted by Crippen LogP contribution is 2.33. The van der Waals surface area contributed by atoms with Crippen LogP contribution in [0.3, 0.4) is 0 Å². The summed E-state index contributed by atoms with van der Waals surface area (Å²) in [5.74, 6) is -6.45. The summed E-state index contributed by atoms with van der Waals surface area (Å²) >= 11 is 5.16. The molecule has 110 valence electrons. The van der Waals surface area contributed by atoms with Crippen molar-refractivity contribution in [3.63, 3.8) is 0 Å². The predicted octanol–water partition coefficient (Wildman–Crippen LogP) is 2.56. The summed E-state index contributed by atoms with van der Waals surface area (Å²) < 4.78 is 54.3. The highest BCUT2D eigenvalue weighted by molar-refractivity contribution is 6.31. The van der Waals surface area contributed by atoms with E-state index in [1.165, 1.54) is 11.8 Å². The topological polar surface area (TPSA) is 23.6 Å². The molecule has 0 aromatic heterocycles. The molecular formula is C12H11ClF4N2O. The fourth-order valence-electron chi connectivity index (χ4n) is 2.12. The standard InChI is InChI=1S/C12H11ClF4N2O/c1-6(20)18-2-4-19(5-3-18)12-10(16)8(14)7(13)9(15)11(12)17/h2-5H2,1H3. The second kappa shape index (κ2) is 5.47. The number of halogens is 5. The van der Waals surface area contributed by atoms with E-state index in [9.17, 15) is 22.4 Å². The van der Waals surface area contributed by atoms with E-state index in [4.69, 9.17) is 11.6 Å². The lowest BCUT2D eigenvalue weighted by atomic mass is 10.2. The molecular weight excluding hydrogens is 300 g/mol. The van der Waals surface area contributed by atoms with E-state index in [2.05, 4.69) is 0 Å². The molecule has 0 saturated carbocycles. The lowest BCUT2D eigenvalue weighted by molar-refractivity contribution is -0.129. The Morgan fingerprint density at radius 1 is 0.950 bits per heavy atom. The number of carbonyl (C=O) groups is 1. The van der Waals surface area contributed by atoms with Crippen molar-refractivity contribution in [3.8, 4) is 0 Å². The summed E-state index contributed by atoms with van der Waals surface area (Å²) in [7, 11) is 0. The molecule has 3 nitrogen and oxygen atoms in total. The van der Waals surface area contributed by atoms with Gasteiger partial charge < -0.3 is 9.80 Å². The number of piperazine rings is 1. The zero-order valence-corrected chi connectivity index (χ0v) is 11.3. The Bertz CT molecular complexity index is 530. The zero-order valence-electron chi connectivity index (χ0n) is 10.5. The SMILES string of the molecule is CC(=O)N1CCN(c2c(F)c(F)c(Cl)c(F)c2F)CC1. The minimum atomic E-state index is -1.62. The third-order valence-electron chi connectivity index (χ3n) is 3.23. The molecule has 0 N–H and O–H groups in total. The fourth-order valence-corrected chi connectivity index (χ4v) is 2.28. The first kappa shape index (κ1) is 14.9. The van der Waals surface area contributed by atoms with Gasteiger partial charge in [-0.05, 0) is 0 Å². The number of rotatable bonds is 1. The van der Waals surface area contributed by atoms with Gasteiger partial charge in [0.05, 0.1) is 0 Å². The maximum Gasteiger partial charge on any atom is 0.219 e. The first-order valence-corrected chi connectivity index (χ1v) is 6.24. The normalized spacial score (nSPS) is 15.7. The molecule has 1 heterocycles. The third-order valence-corrected chi connectivity index (χ3v) is 3.56. The summed E-state index contributed by atoms with van der Waals surface area (Å²) in [6.45, 7) is 1.97. The molecule has 1 fully saturated rings. The number of hydrogen-bond acceptors (Lipinski definition) is 2. The van der Waals surface area contributed by atoms with E-state index in [1.54, 1.807) is 0 Å². The number of anilines is 1. The second-order valence-electron chi connectivity index (χ2n) is 4.41. The van der Waals surface area contributed by atoms with Crippen LogP contribution in [0.4, 0.5) is 23.2 Å². The van der Waals surface area contributed by atoms with Crippen molar-refractivity contribution in [3.05, 3.63) is 28.3 Å². The quantitative estimate of drug-likeness (QED) is 0.452. The Morgan fingerprint density at radius 2 is 1.40 bits per heavy atom. The maximum atomic E-state index is 13.8. The molecule has 0 spiro atoms. The van der Waals surface area contributed by atoms with Gasteiger partial charge in [-0.25, -0.2) is 17.6 Å². The highest BCUT2D eigenvalue weighted by atomic mass is 35.5. The molecule has 0 bridgehead atoms. The van der Waals surface area contributed by atoms with Gasteiger partial charge in [0.15, 0.2) is 23.3 Å². The Balaban J connectivity index is 2.33. The number of amides is 1. The van der Waals surface area contributed by atoms with Gasteiger partial charge in [-0.3, -0.25) is 4.79 Å². The van der Waals surface area contributed by atoms with E-state index in [0.717, 1.165) is 4.90 Å². The van der Waals surface area contributed by atoms with Gasteiger partial charge in [0.1, 0.15) is 10.7 Å². The lowest BCUT2D eigenvalue weighted by Gasteiger charge is -2.35. The van der Waals surface area contributed by atoms with Crippen molar-refractivity contribution in [1.82, 2.24) is 4.90 Å². The van der Waals surface area contributed by atoms with E-state index in [1.807, 2.05) is 0 Å². The molecule has 1 saturated heterocycles. The average Bonchev–Trinajstić information content (AvgIpc) is 2.44. The summed E-state index contributed by atoms with van der Waals surface area (Å²) in [4.78, 5) is 13.8. The highest BCUT2D eigenvalue weighted by Gasteiger charge is 2.30. The van der Waals surface area contributed by atoms with Crippen LogP contribution < -0.4 is 4.90 Å². The van der Waals surface area contributed by atoms with Crippen LogP contribution in [0.5, 0.6) is 0 Å². The Morgan fingerprint density at radius 3 is 1.80 bits per heavy atom.